The summed E-state index contributed by atoms with van der Waals surface area (Å²) in [6.07, 6.45) is -0.851. The van der Waals surface area contributed by atoms with E-state index in [0.29, 0.717) is 16.2 Å². The van der Waals surface area contributed by atoms with Gasteiger partial charge >= 0.3 is 5.97 Å². The van der Waals surface area contributed by atoms with Crippen molar-refractivity contribution in [3.05, 3.63) is 53.7 Å². The molecule has 0 saturated carbocycles. The van der Waals surface area contributed by atoms with E-state index in [0.717, 1.165) is 16.0 Å². The fourth-order valence-corrected chi connectivity index (χ4v) is 6.40. The largest absolute Gasteiger partial charge is 0.488 e. The molecule has 31 heavy (non-hydrogen) atoms. The van der Waals surface area contributed by atoms with Crippen molar-refractivity contribution in [2.75, 3.05) is 6.61 Å². The molecule has 1 amide bonds. The second kappa shape index (κ2) is 7.03. The van der Waals surface area contributed by atoms with Crippen molar-refractivity contribution in [3.63, 3.8) is 0 Å². The summed E-state index contributed by atoms with van der Waals surface area (Å²) < 4.78 is 18.9. The smallest absolute Gasteiger partial charge is 0.352 e. The average molecular weight is 439 g/mol. The number of β-lactam (4-membered cyclic amide) rings is 1. The number of rotatable bonds is 5. The average Bonchev–Trinajstić information content (AvgIpc) is 3.16. The Hall–Kier alpha value is -2.97. The molecule has 160 valence electrons. The van der Waals surface area contributed by atoms with Gasteiger partial charge in [0.25, 0.3) is 0 Å². The molecule has 3 heterocycles. The third-order valence-electron chi connectivity index (χ3n) is 6.44. The molecule has 2 aromatic carbocycles. The maximum atomic E-state index is 12.8. The van der Waals surface area contributed by atoms with E-state index in [9.17, 15) is 24.0 Å². The Kier molecular flexibility index (Phi) is 4.53. The van der Waals surface area contributed by atoms with Gasteiger partial charge in [-0.25, -0.2) is 9.00 Å². The maximum Gasteiger partial charge on any atom is 0.352 e. The minimum absolute atomic E-state index is 0.0130. The van der Waals surface area contributed by atoms with Crippen molar-refractivity contribution in [1.82, 2.24) is 4.90 Å². The summed E-state index contributed by atoms with van der Waals surface area (Å²) in [5, 5.41) is 19.7. The second-order valence-electron chi connectivity index (χ2n) is 8.12. The van der Waals surface area contributed by atoms with Gasteiger partial charge in [0, 0.05) is 22.6 Å². The van der Waals surface area contributed by atoms with Crippen LogP contribution in [-0.4, -0.2) is 50.0 Å². The maximum absolute atomic E-state index is 12.8. The quantitative estimate of drug-likeness (QED) is 0.592. The fraction of sp³-hybridized carbons (Fsp3) is 0.304. The van der Waals surface area contributed by atoms with Crippen LogP contribution in [-0.2, 0) is 20.4 Å². The number of hydrogen-bond donors (Lipinski definition) is 2. The lowest BCUT2D eigenvalue weighted by atomic mass is 9.78. The van der Waals surface area contributed by atoms with Gasteiger partial charge in [0.05, 0.1) is 38.7 Å². The number of amides is 1. The highest BCUT2D eigenvalue weighted by atomic mass is 32.2. The number of carboxylic acids is 1. The lowest BCUT2D eigenvalue weighted by molar-refractivity contribution is -0.163. The van der Waals surface area contributed by atoms with E-state index in [1.165, 1.54) is 4.90 Å². The van der Waals surface area contributed by atoms with Gasteiger partial charge in [-0.3, -0.25) is 4.79 Å². The van der Waals surface area contributed by atoms with Gasteiger partial charge in [0.1, 0.15) is 18.1 Å². The number of nitrogens with zero attached hydrogens (tertiary/aromatic N) is 1. The van der Waals surface area contributed by atoms with Gasteiger partial charge in [-0.2, -0.15) is 0 Å². The number of carbonyl (C=O) groups excluding carboxylic acids is 1. The summed E-state index contributed by atoms with van der Waals surface area (Å²) >= 11 is 0. The highest BCUT2D eigenvalue weighted by Crippen LogP contribution is 2.49. The molecule has 0 aromatic heterocycles. The molecule has 7 nitrogen and oxygen atoms in total. The number of aliphatic carboxylic acids is 1. The van der Waals surface area contributed by atoms with Gasteiger partial charge in [-0.15, -0.1) is 0 Å². The number of fused-ring (bicyclic) bond motifs is 4. The number of ether oxygens (including phenoxy) is 1. The van der Waals surface area contributed by atoms with Crippen molar-refractivity contribution in [2.45, 2.75) is 35.8 Å². The Bertz CT molecular complexity index is 1190. The molecule has 5 atom stereocenters. The van der Waals surface area contributed by atoms with Crippen LogP contribution < -0.4 is 4.74 Å². The molecule has 0 spiro atoms. The molecule has 0 aliphatic carbocycles. The normalized spacial score (nSPS) is 26.8. The zero-order valence-corrected chi connectivity index (χ0v) is 17.8. The monoisotopic (exact) mass is 439 g/mol. The van der Waals surface area contributed by atoms with E-state index >= 15 is 0 Å². The van der Waals surface area contributed by atoms with E-state index in [4.69, 9.17) is 4.74 Å². The van der Waals surface area contributed by atoms with E-state index in [2.05, 4.69) is 0 Å². The van der Waals surface area contributed by atoms with Crippen molar-refractivity contribution < 1.29 is 28.7 Å². The number of benzene rings is 2. The molecule has 0 radical (unpaired) electrons. The Morgan fingerprint density at radius 3 is 2.61 bits per heavy atom. The molecule has 3 aliphatic heterocycles. The molecule has 8 heteroatoms. The third kappa shape index (κ3) is 2.71. The molecule has 2 aromatic rings. The first-order valence-electron chi connectivity index (χ1n) is 10.1. The Balaban J connectivity index is 1.49. The van der Waals surface area contributed by atoms with Gasteiger partial charge < -0.3 is 19.8 Å². The zero-order valence-electron chi connectivity index (χ0n) is 16.9. The number of aliphatic hydroxyl groups is 1. The van der Waals surface area contributed by atoms with E-state index in [1.807, 2.05) is 31.2 Å². The van der Waals surface area contributed by atoms with Crippen LogP contribution in [0.5, 0.6) is 5.75 Å². The Morgan fingerprint density at radius 2 is 1.90 bits per heavy atom. The Morgan fingerprint density at radius 1 is 1.19 bits per heavy atom. The molecule has 2 N–H and O–H groups in total. The topological polar surface area (TPSA) is 104 Å². The summed E-state index contributed by atoms with van der Waals surface area (Å²) in [5.74, 6) is -1.91. The molecule has 3 aliphatic rings. The van der Waals surface area contributed by atoms with Crippen LogP contribution in [0.2, 0.25) is 0 Å². The lowest BCUT2D eigenvalue weighted by Gasteiger charge is -2.46. The number of carbonyl (C=O) groups is 2. The first kappa shape index (κ1) is 20.0. The minimum Gasteiger partial charge on any atom is -0.488 e. The Labute approximate surface area is 181 Å². The fourth-order valence-electron chi connectivity index (χ4n) is 4.99. The van der Waals surface area contributed by atoms with Gasteiger partial charge in [-0.1, -0.05) is 31.2 Å². The molecule has 1 fully saturated rings. The van der Waals surface area contributed by atoms with Crippen LogP contribution in [0.25, 0.3) is 11.1 Å². The molecule has 4 unspecified atom stereocenters. The van der Waals surface area contributed by atoms with Crippen LogP contribution >= 0.6 is 0 Å². The number of aliphatic hydroxyl groups excluding tert-OH is 1. The van der Waals surface area contributed by atoms with Crippen molar-refractivity contribution in [1.29, 1.82) is 0 Å². The van der Waals surface area contributed by atoms with Crippen LogP contribution in [0, 0.1) is 11.8 Å². The summed E-state index contributed by atoms with van der Waals surface area (Å²) in [7, 11) is -1.29. The lowest BCUT2D eigenvalue weighted by Crippen LogP contribution is -2.63. The van der Waals surface area contributed by atoms with Crippen LogP contribution in [0.1, 0.15) is 13.8 Å². The highest BCUT2D eigenvalue weighted by molar-refractivity contribution is 7.85. The minimum atomic E-state index is -1.29. The SMILES string of the molecule is CC(O)C1C(=O)N2C(C(=O)O)=C(COc3cccc4c3-c3ccccc3S4=O)[C@H](C)C12. The van der Waals surface area contributed by atoms with Crippen LogP contribution in [0.15, 0.2) is 63.5 Å². The third-order valence-corrected chi connectivity index (χ3v) is 7.94. The molecule has 1 saturated heterocycles. The van der Waals surface area contributed by atoms with Crippen LogP contribution in [0.3, 0.4) is 0 Å². The van der Waals surface area contributed by atoms with Crippen LogP contribution in [0.4, 0.5) is 0 Å². The van der Waals surface area contributed by atoms with Crippen molar-refractivity contribution >= 4 is 22.7 Å². The van der Waals surface area contributed by atoms with Gasteiger partial charge in [0.2, 0.25) is 5.91 Å². The summed E-state index contributed by atoms with van der Waals surface area (Å²) in [4.78, 5) is 27.1. The number of hydrogen-bond acceptors (Lipinski definition) is 5. The van der Waals surface area contributed by atoms with Crippen molar-refractivity contribution in [3.8, 4) is 16.9 Å². The molecule has 0 bridgehead atoms. The zero-order chi connectivity index (χ0) is 22.0. The van der Waals surface area contributed by atoms with Gasteiger partial charge in [0.15, 0.2) is 0 Å². The molecular weight excluding hydrogens is 418 g/mol. The standard InChI is InChI=1S/C23H21NO6S/c1-11-14(21(23(27)28)24-20(11)18(12(2)25)22(24)26)10-30-15-7-5-9-17-19(15)13-6-3-4-8-16(13)31(17)29/h3-9,11-12,18,20,25H,10H2,1-2H3,(H,27,28)/t11-,12?,18?,20?,31?/m0/s1. The summed E-state index contributed by atoms with van der Waals surface area (Å²) in [6, 6.07) is 12.4. The van der Waals surface area contributed by atoms with E-state index < -0.39 is 28.8 Å². The second-order valence-corrected chi connectivity index (χ2v) is 9.53. The summed E-state index contributed by atoms with van der Waals surface area (Å²) in [6.45, 7) is 3.39. The van der Waals surface area contributed by atoms with E-state index in [1.54, 1.807) is 25.1 Å². The van der Waals surface area contributed by atoms with Crippen molar-refractivity contribution in [2.24, 2.45) is 11.8 Å². The first-order valence-corrected chi connectivity index (χ1v) is 11.2. The summed E-state index contributed by atoms with van der Waals surface area (Å²) in [5.41, 5.74) is 2.04. The highest BCUT2D eigenvalue weighted by Gasteiger charge is 2.59. The molecular formula is C23H21NO6S. The predicted octanol–water partition coefficient (Wildman–Crippen LogP) is 2.41. The number of carboxylic acid groups (broad SMARTS) is 1. The van der Waals surface area contributed by atoms with E-state index in [-0.39, 0.29) is 30.2 Å². The van der Waals surface area contributed by atoms with Gasteiger partial charge in [-0.05, 0) is 25.1 Å². The molecule has 5 rings (SSSR count). The predicted molar refractivity (Wildman–Crippen MR) is 112 cm³/mol. The first-order chi connectivity index (χ1) is 14.8.